The van der Waals surface area contributed by atoms with E-state index >= 15 is 0 Å². The molecule has 0 bridgehead atoms. The second-order valence-electron chi connectivity index (χ2n) is 9.17. The molecular weight excluding hydrogens is 557 g/mol. The van der Waals surface area contributed by atoms with Crippen molar-refractivity contribution in [1.82, 2.24) is 19.6 Å². The second kappa shape index (κ2) is 11.4. The minimum Gasteiger partial charge on any atom is -0.351 e. The van der Waals surface area contributed by atoms with Gasteiger partial charge in [0.2, 0.25) is 21.8 Å². The molecule has 3 aromatic rings. The maximum atomic E-state index is 14.6. The number of hydrogen-bond donors (Lipinski definition) is 1. The van der Waals surface area contributed by atoms with E-state index in [0.717, 1.165) is 47.0 Å². The number of hydrogen-bond acceptors (Lipinski definition) is 6. The molecule has 0 aliphatic carbocycles. The highest BCUT2D eigenvalue weighted by Crippen LogP contribution is 2.35. The Kier molecular flexibility index (Phi) is 8.30. The van der Waals surface area contributed by atoms with E-state index in [1.165, 1.54) is 19.2 Å². The fourth-order valence-electron chi connectivity index (χ4n) is 4.56. The number of alkyl halides is 3. The monoisotopic (exact) mass is 581 g/mol. The van der Waals surface area contributed by atoms with Gasteiger partial charge in [-0.15, -0.1) is 0 Å². The number of nitrogens with zero attached hydrogens (tertiary/aromatic N) is 4. The van der Waals surface area contributed by atoms with E-state index in [1.807, 2.05) is 0 Å². The molecule has 2 aromatic carbocycles. The molecule has 4 rings (SSSR count). The molecule has 0 unspecified atom stereocenters. The number of carbonyl (C=O) groups is 1. The number of nitrogens with one attached hydrogen (secondary N) is 1. The van der Waals surface area contributed by atoms with Crippen LogP contribution in [0.25, 0.3) is 11.1 Å². The number of aromatic nitrogens is 2. The number of amides is 1. The smallest absolute Gasteiger partial charge is 0.351 e. The molecule has 8 nitrogen and oxygen atoms in total. The average Bonchev–Trinajstić information content (AvgIpc) is 3.24. The van der Waals surface area contributed by atoms with Crippen LogP contribution >= 0.6 is 0 Å². The van der Waals surface area contributed by atoms with Crippen LogP contribution in [0.15, 0.2) is 64.7 Å². The predicted molar refractivity (Wildman–Crippen MR) is 135 cm³/mol. The molecule has 1 amide bonds. The third kappa shape index (κ3) is 6.02. The van der Waals surface area contributed by atoms with Gasteiger partial charge in [0.05, 0.1) is 4.90 Å². The number of halogens is 5. The zero-order chi connectivity index (χ0) is 29.2. The molecule has 2 heterocycles. The lowest BCUT2D eigenvalue weighted by Crippen LogP contribution is -2.48. The summed E-state index contributed by atoms with van der Waals surface area (Å²) >= 11 is 0. The fraction of sp³-hybridized carbons (Fsp3) is 0.308. The first kappa shape index (κ1) is 29.2. The molecule has 0 saturated carbocycles. The maximum Gasteiger partial charge on any atom is 0.451 e. The molecule has 40 heavy (non-hydrogen) atoms. The van der Waals surface area contributed by atoms with Crippen molar-refractivity contribution in [2.75, 3.05) is 7.05 Å². The van der Waals surface area contributed by atoms with Gasteiger partial charge in [-0.05, 0) is 55.3 Å². The van der Waals surface area contributed by atoms with Crippen LogP contribution in [-0.4, -0.2) is 53.9 Å². The molecular formula is C26H24F5N5O3S. The Morgan fingerprint density at radius 3 is 2.35 bits per heavy atom. The number of rotatable bonds is 7. The topological polar surface area (TPSA) is 105 Å². The Balaban J connectivity index is 1.56. The molecule has 3 atom stereocenters. The van der Waals surface area contributed by atoms with E-state index < -0.39 is 57.6 Å². The van der Waals surface area contributed by atoms with Gasteiger partial charge in [0.25, 0.3) is 0 Å². The van der Waals surface area contributed by atoms with Crippen molar-refractivity contribution in [3.63, 3.8) is 0 Å². The number of carbonyl (C=O) groups excluding carboxylic acids is 1. The van der Waals surface area contributed by atoms with Crippen LogP contribution in [0.1, 0.15) is 24.7 Å². The molecule has 1 saturated heterocycles. The third-order valence-corrected chi connectivity index (χ3v) is 8.60. The van der Waals surface area contributed by atoms with E-state index in [1.54, 1.807) is 13.1 Å². The lowest BCUT2D eigenvalue weighted by molar-refractivity contribution is -0.145. The number of benzene rings is 2. The zero-order valence-electron chi connectivity index (χ0n) is 21.2. The summed E-state index contributed by atoms with van der Waals surface area (Å²) < 4.78 is 94.3. The van der Waals surface area contributed by atoms with Crippen LogP contribution in [-0.2, 0) is 27.5 Å². The van der Waals surface area contributed by atoms with Crippen molar-refractivity contribution in [3.8, 4) is 11.1 Å². The summed E-state index contributed by atoms with van der Waals surface area (Å²) in [5, 5.41) is 2.57. The molecule has 1 aromatic heterocycles. The third-order valence-electron chi connectivity index (χ3n) is 6.59. The molecule has 0 spiro atoms. The van der Waals surface area contributed by atoms with Crippen molar-refractivity contribution >= 4 is 22.1 Å². The van der Waals surface area contributed by atoms with Crippen molar-refractivity contribution in [2.45, 2.75) is 43.0 Å². The Morgan fingerprint density at radius 2 is 1.75 bits per heavy atom. The van der Waals surface area contributed by atoms with Crippen molar-refractivity contribution in [1.29, 1.82) is 0 Å². The van der Waals surface area contributed by atoms with Gasteiger partial charge in [0.1, 0.15) is 17.7 Å². The first-order valence-corrected chi connectivity index (χ1v) is 13.4. The Bertz CT molecular complexity index is 1510. The van der Waals surface area contributed by atoms with E-state index in [2.05, 4.69) is 20.3 Å². The van der Waals surface area contributed by atoms with Gasteiger partial charge >= 0.3 is 6.18 Å². The molecule has 14 heteroatoms. The second-order valence-corrected chi connectivity index (χ2v) is 11.0. The summed E-state index contributed by atoms with van der Waals surface area (Å²) in [7, 11) is -2.70. The van der Waals surface area contributed by atoms with Gasteiger partial charge in [-0.2, -0.15) is 17.5 Å². The lowest BCUT2D eigenvalue weighted by atomic mass is 10.0. The first-order chi connectivity index (χ1) is 18.8. The standard InChI is InChI=1S/C26H24F5N5O3S/c1-15-17(11-32-2)10-23(36(15)40(38,39)21-6-4-20(27)5-7-21)24(37)33-12-18-9-16(3-8-22(18)28)19-13-34-25(35-14-19)26(29,30)31/h3-9,11,13-15,17,23H,10,12H2,1-2H3,(H,33,37)/t15-,17-,23-/m0/s1. The van der Waals surface area contributed by atoms with Gasteiger partial charge in [-0.25, -0.2) is 27.2 Å². The number of aliphatic imine (C=N–C) groups is 1. The largest absolute Gasteiger partial charge is 0.451 e. The highest BCUT2D eigenvalue weighted by Gasteiger charge is 2.48. The minimum atomic E-state index is -4.71. The maximum absolute atomic E-state index is 14.6. The molecule has 1 aliphatic rings. The Hall–Kier alpha value is -3.78. The summed E-state index contributed by atoms with van der Waals surface area (Å²) in [6, 6.07) is 6.16. The molecule has 0 radical (unpaired) electrons. The molecule has 1 fully saturated rings. The highest BCUT2D eigenvalue weighted by atomic mass is 32.2. The molecule has 1 aliphatic heterocycles. The van der Waals surface area contributed by atoms with E-state index in [9.17, 15) is 35.2 Å². The van der Waals surface area contributed by atoms with Crippen LogP contribution in [0.4, 0.5) is 22.0 Å². The predicted octanol–water partition coefficient (Wildman–Crippen LogP) is 4.23. The van der Waals surface area contributed by atoms with Crippen molar-refractivity contribution in [2.24, 2.45) is 10.9 Å². The summed E-state index contributed by atoms with van der Waals surface area (Å²) in [6.07, 6.45) is -1.14. The lowest BCUT2D eigenvalue weighted by Gasteiger charge is -2.27. The van der Waals surface area contributed by atoms with Crippen LogP contribution in [0.2, 0.25) is 0 Å². The van der Waals surface area contributed by atoms with Gasteiger partial charge in [0.15, 0.2) is 0 Å². The quantitative estimate of drug-likeness (QED) is 0.332. The van der Waals surface area contributed by atoms with Crippen molar-refractivity contribution < 1.29 is 35.2 Å². The van der Waals surface area contributed by atoms with E-state index in [-0.39, 0.29) is 29.0 Å². The summed E-state index contributed by atoms with van der Waals surface area (Å²) in [6.45, 7) is 1.30. The van der Waals surface area contributed by atoms with Crippen LogP contribution < -0.4 is 5.32 Å². The highest BCUT2D eigenvalue weighted by molar-refractivity contribution is 7.89. The van der Waals surface area contributed by atoms with Gasteiger partial charge in [-0.1, -0.05) is 6.07 Å². The molecule has 1 N–H and O–H groups in total. The van der Waals surface area contributed by atoms with E-state index in [4.69, 9.17) is 0 Å². The first-order valence-electron chi connectivity index (χ1n) is 12.0. The van der Waals surface area contributed by atoms with Crippen LogP contribution in [0, 0.1) is 17.6 Å². The fourth-order valence-corrected chi connectivity index (χ4v) is 6.39. The van der Waals surface area contributed by atoms with Gasteiger partial charge in [-0.3, -0.25) is 4.79 Å². The summed E-state index contributed by atoms with van der Waals surface area (Å²) in [4.78, 5) is 23.7. The van der Waals surface area contributed by atoms with Crippen LogP contribution in [0.3, 0.4) is 0 Å². The Labute approximate surface area is 227 Å². The molecule has 212 valence electrons. The Morgan fingerprint density at radius 1 is 1.10 bits per heavy atom. The summed E-state index contributed by atoms with van der Waals surface area (Å²) in [5.74, 6) is -3.71. The van der Waals surface area contributed by atoms with Crippen molar-refractivity contribution in [3.05, 3.63) is 77.9 Å². The minimum absolute atomic E-state index is 0.0106. The normalized spacial score (nSPS) is 20.2. The SMILES string of the molecule is CN=C[C@@H]1C[C@@H](C(=O)NCc2cc(-c3cnc(C(F)(F)F)nc3)ccc2F)N(S(=O)(=O)c2ccc(F)cc2)[C@H]1C. The van der Waals surface area contributed by atoms with Gasteiger partial charge < -0.3 is 10.3 Å². The number of sulfonamides is 1. The van der Waals surface area contributed by atoms with E-state index in [0.29, 0.717) is 5.56 Å². The zero-order valence-corrected chi connectivity index (χ0v) is 22.0. The van der Waals surface area contributed by atoms with Crippen LogP contribution in [0.5, 0.6) is 0 Å². The average molecular weight is 582 g/mol. The summed E-state index contributed by atoms with van der Waals surface area (Å²) in [5.41, 5.74) is 0.522. The van der Waals surface area contributed by atoms with Gasteiger partial charge in [0, 0.05) is 55.3 Å².